The van der Waals surface area contributed by atoms with Crippen molar-refractivity contribution in [3.8, 4) is 0 Å². The molecule has 5 nitrogen and oxygen atoms in total. The maximum absolute atomic E-state index is 11.9. The third-order valence-electron chi connectivity index (χ3n) is 3.82. The monoisotopic (exact) mass is 308 g/mol. The minimum Gasteiger partial charge on any atom is -0.338 e. The van der Waals surface area contributed by atoms with E-state index in [1.165, 1.54) is 0 Å². The van der Waals surface area contributed by atoms with E-state index >= 15 is 0 Å². The Balaban J connectivity index is 1.98. The minimum atomic E-state index is -0.146. The molecule has 0 spiro atoms. The van der Waals surface area contributed by atoms with E-state index in [0.29, 0.717) is 13.1 Å². The van der Waals surface area contributed by atoms with Gasteiger partial charge in [0.25, 0.3) is 0 Å². The Morgan fingerprint density at radius 2 is 1.81 bits per heavy atom. The summed E-state index contributed by atoms with van der Waals surface area (Å²) in [5.74, 6) is 0. The fourth-order valence-electron chi connectivity index (χ4n) is 2.63. The number of hydrogen-bond acceptors (Lipinski definition) is 3. The molecule has 1 aliphatic heterocycles. The first-order valence-electron chi connectivity index (χ1n) is 7.81. The van der Waals surface area contributed by atoms with Gasteiger partial charge in [-0.3, -0.25) is 0 Å². The number of amides is 2. The number of rotatable bonds is 11. The summed E-state index contributed by atoms with van der Waals surface area (Å²) in [6.45, 7) is 1.42. The molecule has 0 radical (unpaired) electrons. The highest BCUT2D eigenvalue weighted by molar-refractivity contribution is 5.74. The standard InChI is InChI=1S/C14H26F2N2O3/c15-20-11-6-4-2-1-3-5-9-17-14(19)18-10-7-8-13(18)12-21-16/h13H,1-12H2,(H,17,19). The van der Waals surface area contributed by atoms with E-state index in [2.05, 4.69) is 15.2 Å². The molecule has 1 N–H and O–H groups in total. The second kappa shape index (κ2) is 11.7. The smallest absolute Gasteiger partial charge is 0.317 e. The van der Waals surface area contributed by atoms with Crippen molar-refractivity contribution in [1.82, 2.24) is 10.2 Å². The summed E-state index contributed by atoms with van der Waals surface area (Å²) in [7, 11) is 0. The van der Waals surface area contributed by atoms with Crippen LogP contribution < -0.4 is 5.32 Å². The summed E-state index contributed by atoms with van der Waals surface area (Å²) in [6, 6.07) is -0.276. The molecule has 0 aromatic heterocycles. The van der Waals surface area contributed by atoms with Crippen molar-refractivity contribution < 1.29 is 23.7 Å². The predicted octanol–water partition coefficient (Wildman–Crippen LogP) is 3.30. The first kappa shape index (κ1) is 18.1. The van der Waals surface area contributed by atoms with Gasteiger partial charge in [0.15, 0.2) is 0 Å². The molecule has 1 saturated heterocycles. The Hall–Kier alpha value is -0.950. The molecule has 1 atom stereocenters. The minimum absolute atomic E-state index is 0.0456. The quantitative estimate of drug-likeness (QED) is 0.596. The molecule has 1 fully saturated rings. The summed E-state index contributed by atoms with van der Waals surface area (Å²) >= 11 is 0. The Bertz CT molecular complexity index is 283. The van der Waals surface area contributed by atoms with Gasteiger partial charge in [-0.15, -0.1) is 0 Å². The van der Waals surface area contributed by atoms with Gasteiger partial charge in [0, 0.05) is 13.1 Å². The maximum Gasteiger partial charge on any atom is 0.317 e. The van der Waals surface area contributed by atoms with Crippen molar-refractivity contribution >= 4 is 6.03 Å². The van der Waals surface area contributed by atoms with Crippen LogP contribution in [0.1, 0.15) is 51.4 Å². The number of nitrogens with zero attached hydrogens (tertiary/aromatic N) is 1. The highest BCUT2D eigenvalue weighted by atomic mass is 19.3. The number of carbonyl (C=O) groups excluding carboxylic acids is 1. The molecule has 1 rings (SSSR count). The number of hydrogen-bond donors (Lipinski definition) is 1. The van der Waals surface area contributed by atoms with Crippen LogP contribution in [0.15, 0.2) is 0 Å². The van der Waals surface area contributed by atoms with Crippen molar-refractivity contribution in [2.24, 2.45) is 0 Å². The van der Waals surface area contributed by atoms with Crippen molar-refractivity contribution in [3.05, 3.63) is 0 Å². The number of halogens is 2. The topological polar surface area (TPSA) is 50.8 Å². The van der Waals surface area contributed by atoms with Crippen LogP contribution in [0.3, 0.4) is 0 Å². The Morgan fingerprint density at radius 3 is 2.52 bits per heavy atom. The van der Waals surface area contributed by atoms with Gasteiger partial charge < -0.3 is 10.2 Å². The van der Waals surface area contributed by atoms with Crippen molar-refractivity contribution in [2.75, 3.05) is 26.3 Å². The van der Waals surface area contributed by atoms with E-state index < -0.39 is 0 Å². The molecule has 1 heterocycles. The van der Waals surface area contributed by atoms with Crippen LogP contribution in [0.25, 0.3) is 0 Å². The lowest BCUT2D eigenvalue weighted by molar-refractivity contribution is -0.143. The van der Waals surface area contributed by atoms with Gasteiger partial charge in [-0.25, -0.2) is 4.79 Å². The highest BCUT2D eigenvalue weighted by Crippen LogP contribution is 2.17. The van der Waals surface area contributed by atoms with Crippen LogP contribution in [-0.4, -0.2) is 43.3 Å². The average molecular weight is 308 g/mol. The van der Waals surface area contributed by atoms with Crippen LogP contribution in [-0.2, 0) is 9.88 Å². The zero-order chi connectivity index (χ0) is 15.3. The van der Waals surface area contributed by atoms with Gasteiger partial charge in [0.05, 0.1) is 12.6 Å². The maximum atomic E-state index is 11.9. The molecule has 21 heavy (non-hydrogen) atoms. The Kier molecular flexibility index (Phi) is 10.1. The molecule has 0 aromatic rings. The SMILES string of the molecule is O=C(NCCCCCCCCOF)N1CCCC1COF. The molecule has 2 amide bonds. The lowest BCUT2D eigenvalue weighted by Gasteiger charge is -2.23. The molecular weight excluding hydrogens is 282 g/mol. The van der Waals surface area contributed by atoms with E-state index in [4.69, 9.17) is 0 Å². The van der Waals surface area contributed by atoms with E-state index in [1.807, 2.05) is 0 Å². The largest absolute Gasteiger partial charge is 0.338 e. The zero-order valence-corrected chi connectivity index (χ0v) is 12.5. The predicted molar refractivity (Wildman–Crippen MR) is 74.9 cm³/mol. The molecule has 1 unspecified atom stereocenters. The number of carbonyl (C=O) groups is 1. The summed E-state index contributed by atoms with van der Waals surface area (Å²) in [6.07, 6.45) is 7.49. The summed E-state index contributed by atoms with van der Waals surface area (Å²) < 4.78 is 23.3. The van der Waals surface area contributed by atoms with Gasteiger partial charge in [-0.2, -0.15) is 9.88 Å². The van der Waals surface area contributed by atoms with Gasteiger partial charge >= 0.3 is 6.03 Å². The lowest BCUT2D eigenvalue weighted by Crippen LogP contribution is -2.44. The average Bonchev–Trinajstić information content (AvgIpc) is 2.94. The van der Waals surface area contributed by atoms with Crippen molar-refractivity contribution in [3.63, 3.8) is 0 Å². The summed E-state index contributed by atoms with van der Waals surface area (Å²) in [5, 5.41) is 2.86. The third-order valence-corrected chi connectivity index (χ3v) is 3.82. The first-order chi connectivity index (χ1) is 10.3. The first-order valence-corrected chi connectivity index (χ1v) is 7.81. The van der Waals surface area contributed by atoms with E-state index in [1.54, 1.807) is 4.90 Å². The van der Waals surface area contributed by atoms with Gasteiger partial charge in [-0.05, 0) is 34.7 Å². The number of urea groups is 1. The molecular formula is C14H26F2N2O3. The Morgan fingerprint density at radius 1 is 1.10 bits per heavy atom. The molecule has 0 bridgehead atoms. The summed E-state index contributed by atoms with van der Waals surface area (Å²) in [5.41, 5.74) is 0. The molecule has 7 heteroatoms. The number of unbranched alkanes of at least 4 members (excludes halogenated alkanes) is 5. The van der Waals surface area contributed by atoms with Crippen LogP contribution in [0.4, 0.5) is 13.8 Å². The lowest BCUT2D eigenvalue weighted by atomic mass is 10.1. The van der Waals surface area contributed by atoms with Crippen LogP contribution in [0.5, 0.6) is 0 Å². The zero-order valence-electron chi connectivity index (χ0n) is 12.5. The van der Waals surface area contributed by atoms with Crippen molar-refractivity contribution in [2.45, 2.75) is 57.4 Å². The Labute approximate surface area is 124 Å². The molecule has 1 aliphatic rings. The number of likely N-dealkylation sites (tertiary alicyclic amines) is 1. The normalized spacial score (nSPS) is 18.2. The second-order valence-electron chi connectivity index (χ2n) is 5.43. The van der Waals surface area contributed by atoms with Crippen LogP contribution in [0.2, 0.25) is 0 Å². The molecule has 0 aliphatic carbocycles. The summed E-state index contributed by atoms with van der Waals surface area (Å²) in [4.78, 5) is 20.7. The van der Waals surface area contributed by atoms with Crippen LogP contribution in [0, 0.1) is 0 Å². The van der Waals surface area contributed by atoms with Gasteiger partial charge in [0.2, 0.25) is 0 Å². The van der Waals surface area contributed by atoms with Gasteiger partial charge in [-0.1, -0.05) is 25.7 Å². The van der Waals surface area contributed by atoms with E-state index in [-0.39, 0.29) is 25.3 Å². The van der Waals surface area contributed by atoms with Crippen LogP contribution >= 0.6 is 0 Å². The fourth-order valence-corrected chi connectivity index (χ4v) is 2.63. The van der Waals surface area contributed by atoms with E-state index in [9.17, 15) is 13.8 Å². The number of nitrogens with one attached hydrogen (secondary N) is 1. The second-order valence-corrected chi connectivity index (χ2v) is 5.43. The highest BCUT2D eigenvalue weighted by Gasteiger charge is 2.28. The van der Waals surface area contributed by atoms with Gasteiger partial charge in [0.1, 0.15) is 6.61 Å². The molecule has 0 aromatic carbocycles. The fraction of sp³-hybridized carbons (Fsp3) is 0.929. The van der Waals surface area contributed by atoms with E-state index in [0.717, 1.165) is 51.4 Å². The van der Waals surface area contributed by atoms with Crippen molar-refractivity contribution in [1.29, 1.82) is 0 Å². The molecule has 0 saturated carbocycles. The molecule has 124 valence electrons. The third kappa shape index (κ3) is 7.57.